The van der Waals surface area contributed by atoms with Gasteiger partial charge in [-0.2, -0.15) is 0 Å². The van der Waals surface area contributed by atoms with E-state index < -0.39 is 0 Å². The Hall–Kier alpha value is -2.58. The van der Waals surface area contributed by atoms with Gasteiger partial charge in [0.2, 0.25) is 5.91 Å². The van der Waals surface area contributed by atoms with Gasteiger partial charge in [0.1, 0.15) is 0 Å². The van der Waals surface area contributed by atoms with E-state index in [4.69, 9.17) is 11.6 Å². The molecule has 0 aromatic heterocycles. The SMILES string of the molecule is O=C(Nc1ccc(-c2ccccc2)cc1)C12CC3CC(C1)CC(c1ccc(Cl)cc1)(C3)C2. The largest absolute Gasteiger partial charge is 0.326 e. The van der Waals surface area contributed by atoms with Crippen molar-refractivity contribution in [1.29, 1.82) is 0 Å². The molecule has 2 atom stereocenters. The van der Waals surface area contributed by atoms with Crippen molar-refractivity contribution in [1.82, 2.24) is 0 Å². The van der Waals surface area contributed by atoms with E-state index in [0.29, 0.717) is 11.8 Å². The fourth-order valence-electron chi connectivity index (χ4n) is 7.31. The van der Waals surface area contributed by atoms with Gasteiger partial charge in [-0.05, 0) is 96.7 Å². The van der Waals surface area contributed by atoms with Crippen molar-refractivity contribution in [3.05, 3.63) is 89.4 Å². The standard InChI is InChI=1S/C29H28ClNO/c30-25-10-8-24(9-11-25)28-15-20-14-21(16-28)18-29(17-20,19-28)27(32)31-26-12-6-23(7-13-26)22-4-2-1-3-5-22/h1-13,20-21H,14-19H2,(H,31,32). The van der Waals surface area contributed by atoms with Crippen LogP contribution in [0.4, 0.5) is 5.69 Å². The molecular formula is C29H28ClNO. The number of hydrogen-bond donors (Lipinski definition) is 1. The Morgan fingerprint density at radius 2 is 1.41 bits per heavy atom. The Labute approximate surface area is 195 Å². The number of benzene rings is 3. The van der Waals surface area contributed by atoms with Crippen LogP contribution < -0.4 is 5.32 Å². The van der Waals surface area contributed by atoms with Crippen LogP contribution in [0.5, 0.6) is 0 Å². The fourth-order valence-corrected chi connectivity index (χ4v) is 7.44. The third-order valence-corrected chi connectivity index (χ3v) is 8.50. The van der Waals surface area contributed by atoms with E-state index in [2.05, 4.69) is 53.8 Å². The van der Waals surface area contributed by atoms with E-state index in [-0.39, 0.29) is 16.7 Å². The van der Waals surface area contributed by atoms with Gasteiger partial charge in [0.05, 0.1) is 5.41 Å². The summed E-state index contributed by atoms with van der Waals surface area (Å²) in [6.45, 7) is 0. The Kier molecular flexibility index (Phi) is 4.69. The van der Waals surface area contributed by atoms with Crippen molar-refractivity contribution in [2.75, 3.05) is 5.32 Å². The lowest BCUT2D eigenvalue weighted by Crippen LogP contribution is -2.57. The molecule has 4 bridgehead atoms. The number of nitrogens with one attached hydrogen (secondary N) is 1. The Morgan fingerprint density at radius 3 is 2.06 bits per heavy atom. The Balaban J connectivity index is 1.25. The van der Waals surface area contributed by atoms with Crippen LogP contribution in [-0.4, -0.2) is 5.91 Å². The average Bonchev–Trinajstić information content (AvgIpc) is 2.80. The second kappa shape index (κ2) is 7.49. The highest BCUT2D eigenvalue weighted by atomic mass is 35.5. The highest BCUT2D eigenvalue weighted by Gasteiger charge is 2.60. The third kappa shape index (κ3) is 3.36. The molecule has 2 nitrogen and oxygen atoms in total. The summed E-state index contributed by atoms with van der Waals surface area (Å²) in [5.41, 5.74) is 4.51. The molecule has 0 saturated heterocycles. The molecule has 2 unspecified atom stereocenters. The molecule has 4 aliphatic carbocycles. The Morgan fingerprint density at radius 1 is 0.781 bits per heavy atom. The zero-order valence-corrected chi connectivity index (χ0v) is 18.9. The molecule has 32 heavy (non-hydrogen) atoms. The topological polar surface area (TPSA) is 29.1 Å². The number of anilines is 1. The number of halogens is 1. The normalized spacial score (nSPS) is 30.3. The predicted octanol–water partition coefficient (Wildman–Crippen LogP) is 7.48. The number of hydrogen-bond acceptors (Lipinski definition) is 1. The minimum absolute atomic E-state index is 0.128. The van der Waals surface area contributed by atoms with Gasteiger partial charge in [-0.1, -0.05) is 66.2 Å². The maximum Gasteiger partial charge on any atom is 0.230 e. The fraction of sp³-hybridized carbons (Fsp3) is 0.345. The first kappa shape index (κ1) is 20.1. The third-order valence-electron chi connectivity index (χ3n) is 8.25. The monoisotopic (exact) mass is 441 g/mol. The Bertz CT molecular complexity index is 1120. The smallest absolute Gasteiger partial charge is 0.230 e. The molecular weight excluding hydrogens is 414 g/mol. The molecule has 3 aromatic rings. The first-order chi connectivity index (χ1) is 15.5. The van der Waals surface area contributed by atoms with E-state index in [1.807, 2.05) is 30.3 Å². The van der Waals surface area contributed by atoms with Gasteiger partial charge >= 0.3 is 0 Å². The maximum atomic E-state index is 13.7. The van der Waals surface area contributed by atoms with E-state index in [0.717, 1.165) is 30.0 Å². The van der Waals surface area contributed by atoms with Crippen LogP contribution in [0.15, 0.2) is 78.9 Å². The first-order valence-electron chi connectivity index (χ1n) is 11.8. The van der Waals surface area contributed by atoms with Gasteiger partial charge in [0.15, 0.2) is 0 Å². The van der Waals surface area contributed by atoms with Crippen molar-refractivity contribution in [3.63, 3.8) is 0 Å². The summed E-state index contributed by atoms with van der Waals surface area (Å²) >= 11 is 6.17. The highest BCUT2D eigenvalue weighted by Crippen LogP contribution is 2.66. The quantitative estimate of drug-likeness (QED) is 0.446. The molecule has 4 aliphatic rings. The highest BCUT2D eigenvalue weighted by molar-refractivity contribution is 6.30. The average molecular weight is 442 g/mol. The molecule has 4 saturated carbocycles. The molecule has 4 fully saturated rings. The lowest BCUT2D eigenvalue weighted by Gasteiger charge is -2.61. The molecule has 7 rings (SSSR count). The van der Waals surface area contributed by atoms with E-state index in [1.165, 1.54) is 36.0 Å². The molecule has 0 aliphatic heterocycles. The number of carbonyl (C=O) groups is 1. The van der Waals surface area contributed by atoms with E-state index >= 15 is 0 Å². The van der Waals surface area contributed by atoms with Gasteiger partial charge in [0, 0.05) is 10.7 Å². The molecule has 1 N–H and O–H groups in total. The summed E-state index contributed by atoms with van der Waals surface area (Å²) in [7, 11) is 0. The molecule has 0 spiro atoms. The van der Waals surface area contributed by atoms with Crippen LogP contribution in [-0.2, 0) is 10.2 Å². The second-order valence-corrected chi connectivity index (χ2v) is 10.9. The molecule has 0 radical (unpaired) electrons. The first-order valence-corrected chi connectivity index (χ1v) is 12.1. The summed E-state index contributed by atoms with van der Waals surface area (Å²) < 4.78 is 0. The lowest BCUT2D eigenvalue weighted by atomic mass is 9.42. The van der Waals surface area contributed by atoms with Gasteiger partial charge < -0.3 is 5.32 Å². The molecule has 3 heteroatoms. The van der Waals surface area contributed by atoms with Crippen LogP contribution in [0.2, 0.25) is 5.02 Å². The summed E-state index contributed by atoms with van der Waals surface area (Å²) in [5.74, 6) is 1.52. The lowest BCUT2D eigenvalue weighted by molar-refractivity contribution is -0.143. The second-order valence-electron chi connectivity index (χ2n) is 10.4. The molecule has 3 aromatic carbocycles. The number of rotatable bonds is 4. The van der Waals surface area contributed by atoms with Crippen LogP contribution in [0.1, 0.15) is 44.1 Å². The summed E-state index contributed by atoms with van der Waals surface area (Å²) in [6.07, 6.45) is 6.75. The van der Waals surface area contributed by atoms with Crippen LogP contribution >= 0.6 is 11.6 Å². The molecule has 1 amide bonds. The summed E-state index contributed by atoms with van der Waals surface area (Å²) in [5, 5.41) is 4.08. The summed E-state index contributed by atoms with van der Waals surface area (Å²) in [6, 6.07) is 27.0. The van der Waals surface area contributed by atoms with E-state index in [1.54, 1.807) is 0 Å². The van der Waals surface area contributed by atoms with Gasteiger partial charge in [0.25, 0.3) is 0 Å². The summed E-state index contributed by atoms with van der Waals surface area (Å²) in [4.78, 5) is 13.7. The van der Waals surface area contributed by atoms with Crippen LogP contribution in [0.25, 0.3) is 11.1 Å². The van der Waals surface area contributed by atoms with E-state index in [9.17, 15) is 4.79 Å². The van der Waals surface area contributed by atoms with Crippen molar-refractivity contribution >= 4 is 23.2 Å². The zero-order valence-electron chi connectivity index (χ0n) is 18.2. The van der Waals surface area contributed by atoms with Crippen molar-refractivity contribution in [2.45, 2.75) is 43.9 Å². The van der Waals surface area contributed by atoms with Gasteiger partial charge in [-0.15, -0.1) is 0 Å². The minimum Gasteiger partial charge on any atom is -0.326 e. The number of carbonyl (C=O) groups excluding carboxylic acids is 1. The zero-order chi connectivity index (χ0) is 21.8. The molecule has 162 valence electrons. The van der Waals surface area contributed by atoms with Crippen molar-refractivity contribution < 1.29 is 4.79 Å². The predicted molar refractivity (Wildman–Crippen MR) is 131 cm³/mol. The van der Waals surface area contributed by atoms with Gasteiger partial charge in [-0.3, -0.25) is 4.79 Å². The molecule has 0 heterocycles. The van der Waals surface area contributed by atoms with Crippen LogP contribution in [0.3, 0.4) is 0 Å². The van der Waals surface area contributed by atoms with Gasteiger partial charge in [-0.25, -0.2) is 0 Å². The van der Waals surface area contributed by atoms with Crippen molar-refractivity contribution in [2.24, 2.45) is 17.3 Å². The van der Waals surface area contributed by atoms with Crippen LogP contribution in [0, 0.1) is 17.3 Å². The number of amides is 1. The van der Waals surface area contributed by atoms with Crippen molar-refractivity contribution in [3.8, 4) is 11.1 Å². The maximum absolute atomic E-state index is 13.7. The minimum atomic E-state index is -0.248.